The van der Waals surface area contributed by atoms with E-state index in [1.165, 1.54) is 11.0 Å². The number of carbonyl (C=O) groups excluding carboxylic acids is 1. The Kier molecular flexibility index (Phi) is 5.28. The van der Waals surface area contributed by atoms with Gasteiger partial charge < -0.3 is 4.90 Å². The third-order valence-corrected chi connectivity index (χ3v) is 5.54. The summed E-state index contributed by atoms with van der Waals surface area (Å²) in [6, 6.07) is 22.3. The van der Waals surface area contributed by atoms with Gasteiger partial charge in [-0.05, 0) is 49.4 Å². The first kappa shape index (κ1) is 18.7. The molecule has 0 aliphatic heterocycles. The number of amides is 1. The summed E-state index contributed by atoms with van der Waals surface area (Å²) in [6.07, 6.45) is 0. The molecule has 0 saturated heterocycles. The molecule has 6 heteroatoms. The molecule has 0 spiro atoms. The van der Waals surface area contributed by atoms with Crippen molar-refractivity contribution in [2.24, 2.45) is 0 Å². The van der Waals surface area contributed by atoms with Gasteiger partial charge in [0.2, 0.25) is 0 Å². The molecule has 3 aromatic carbocycles. The van der Waals surface area contributed by atoms with Crippen LogP contribution in [0.3, 0.4) is 0 Å². The van der Waals surface area contributed by atoms with Crippen molar-refractivity contribution in [3.05, 3.63) is 90.0 Å². The minimum atomic E-state index is -3.72. The van der Waals surface area contributed by atoms with Gasteiger partial charge in [-0.1, -0.05) is 42.0 Å². The quantitative estimate of drug-likeness (QED) is 0.725. The molecule has 0 bridgehead atoms. The molecule has 5 nitrogen and oxygen atoms in total. The van der Waals surface area contributed by atoms with E-state index in [0.717, 1.165) is 11.3 Å². The number of hydrogen-bond donors (Lipinski definition) is 1. The van der Waals surface area contributed by atoms with Gasteiger partial charge in [0.05, 0.1) is 4.90 Å². The van der Waals surface area contributed by atoms with Crippen LogP contribution in [0.2, 0.25) is 0 Å². The molecule has 138 valence electrons. The molecule has 1 N–H and O–H groups in total. The van der Waals surface area contributed by atoms with Gasteiger partial charge in [-0.3, -0.25) is 9.52 Å². The highest BCUT2D eigenvalue weighted by Crippen LogP contribution is 2.20. The highest BCUT2D eigenvalue weighted by molar-refractivity contribution is 7.92. The smallest absolute Gasteiger partial charge is 0.261 e. The van der Waals surface area contributed by atoms with E-state index in [4.69, 9.17) is 0 Å². The number of nitrogens with zero attached hydrogens (tertiary/aromatic N) is 1. The van der Waals surface area contributed by atoms with Crippen LogP contribution < -0.4 is 9.62 Å². The molecular formula is C21H20N2O3S. The first-order valence-electron chi connectivity index (χ1n) is 8.39. The maximum Gasteiger partial charge on any atom is 0.261 e. The molecular weight excluding hydrogens is 360 g/mol. The van der Waals surface area contributed by atoms with E-state index in [-0.39, 0.29) is 10.8 Å². The number of hydrogen-bond acceptors (Lipinski definition) is 3. The summed E-state index contributed by atoms with van der Waals surface area (Å²) in [5.74, 6) is -0.224. The van der Waals surface area contributed by atoms with E-state index in [0.29, 0.717) is 11.3 Å². The van der Waals surface area contributed by atoms with Crippen LogP contribution in [0.15, 0.2) is 83.8 Å². The summed E-state index contributed by atoms with van der Waals surface area (Å²) in [4.78, 5) is 14.4. The lowest BCUT2D eigenvalue weighted by Gasteiger charge is -2.18. The average molecular weight is 380 g/mol. The van der Waals surface area contributed by atoms with Gasteiger partial charge in [-0.25, -0.2) is 8.42 Å². The van der Waals surface area contributed by atoms with Crippen molar-refractivity contribution >= 4 is 27.3 Å². The van der Waals surface area contributed by atoms with Crippen LogP contribution in [-0.2, 0) is 10.0 Å². The Morgan fingerprint density at radius 1 is 0.889 bits per heavy atom. The van der Waals surface area contributed by atoms with Crippen LogP contribution in [0.4, 0.5) is 11.4 Å². The van der Waals surface area contributed by atoms with Crippen molar-refractivity contribution < 1.29 is 13.2 Å². The van der Waals surface area contributed by atoms with Gasteiger partial charge in [-0.2, -0.15) is 0 Å². The fourth-order valence-electron chi connectivity index (χ4n) is 2.61. The van der Waals surface area contributed by atoms with E-state index >= 15 is 0 Å². The fourth-order valence-corrected chi connectivity index (χ4v) is 3.66. The average Bonchev–Trinajstić information content (AvgIpc) is 2.67. The van der Waals surface area contributed by atoms with Gasteiger partial charge in [0.15, 0.2) is 0 Å². The summed E-state index contributed by atoms with van der Waals surface area (Å²) >= 11 is 0. The van der Waals surface area contributed by atoms with E-state index in [1.807, 2.05) is 37.3 Å². The van der Waals surface area contributed by atoms with Crippen molar-refractivity contribution in [1.82, 2.24) is 0 Å². The zero-order valence-corrected chi connectivity index (χ0v) is 15.9. The van der Waals surface area contributed by atoms with Crippen LogP contribution >= 0.6 is 0 Å². The first-order chi connectivity index (χ1) is 12.9. The van der Waals surface area contributed by atoms with Gasteiger partial charge in [0, 0.05) is 24.0 Å². The lowest BCUT2D eigenvalue weighted by molar-refractivity contribution is 0.0993. The minimum Gasteiger partial charge on any atom is -0.311 e. The SMILES string of the molecule is Cc1ccc(S(=O)(=O)Nc2cccc(C(=O)N(C)c3ccccc3)c2)cc1. The number of rotatable bonds is 5. The fraction of sp³-hybridized carbons (Fsp3) is 0.0952. The number of para-hydroxylation sites is 1. The number of benzene rings is 3. The highest BCUT2D eigenvalue weighted by Gasteiger charge is 2.17. The van der Waals surface area contributed by atoms with Crippen molar-refractivity contribution in [2.45, 2.75) is 11.8 Å². The molecule has 0 atom stereocenters. The molecule has 0 saturated carbocycles. The number of nitrogens with one attached hydrogen (secondary N) is 1. The first-order valence-corrected chi connectivity index (χ1v) is 9.88. The minimum absolute atomic E-state index is 0.172. The van der Waals surface area contributed by atoms with E-state index in [2.05, 4.69) is 4.72 Å². The Balaban J connectivity index is 1.83. The van der Waals surface area contributed by atoms with Crippen molar-refractivity contribution in [3.63, 3.8) is 0 Å². The number of sulfonamides is 1. The Morgan fingerprint density at radius 2 is 1.56 bits per heavy atom. The zero-order valence-electron chi connectivity index (χ0n) is 15.1. The summed E-state index contributed by atoms with van der Waals surface area (Å²) in [5.41, 5.74) is 2.46. The molecule has 0 aliphatic rings. The summed E-state index contributed by atoms with van der Waals surface area (Å²) in [5, 5.41) is 0. The maximum atomic E-state index is 12.7. The Bertz CT molecular complexity index is 1050. The van der Waals surface area contributed by atoms with Crippen molar-refractivity contribution in [3.8, 4) is 0 Å². The number of anilines is 2. The predicted octanol–water partition coefficient (Wildman–Crippen LogP) is 4.07. The van der Waals surface area contributed by atoms with Gasteiger partial charge >= 0.3 is 0 Å². The van der Waals surface area contributed by atoms with Crippen molar-refractivity contribution in [2.75, 3.05) is 16.7 Å². The topological polar surface area (TPSA) is 66.5 Å². The molecule has 0 radical (unpaired) electrons. The molecule has 0 aromatic heterocycles. The molecule has 0 fully saturated rings. The molecule has 0 aliphatic carbocycles. The standard InChI is InChI=1S/C21H20N2O3S/c1-16-11-13-20(14-12-16)27(25,26)22-18-8-6-7-17(15-18)21(24)23(2)19-9-4-3-5-10-19/h3-15,22H,1-2H3. The Labute approximate surface area is 159 Å². The van der Waals surface area contributed by atoms with Crippen molar-refractivity contribution in [1.29, 1.82) is 0 Å². The van der Waals surface area contributed by atoms with Crippen LogP contribution in [0.1, 0.15) is 15.9 Å². The largest absolute Gasteiger partial charge is 0.311 e. The highest BCUT2D eigenvalue weighted by atomic mass is 32.2. The molecule has 3 aromatic rings. The summed E-state index contributed by atoms with van der Waals surface area (Å²) in [6.45, 7) is 1.89. The summed E-state index contributed by atoms with van der Waals surface area (Å²) < 4.78 is 27.6. The Morgan fingerprint density at radius 3 is 2.22 bits per heavy atom. The number of aryl methyl sites for hydroxylation is 1. The van der Waals surface area contributed by atoms with E-state index in [9.17, 15) is 13.2 Å². The lowest BCUT2D eigenvalue weighted by Crippen LogP contribution is -2.26. The van der Waals surface area contributed by atoms with Gasteiger partial charge in [0.1, 0.15) is 0 Å². The monoisotopic (exact) mass is 380 g/mol. The molecule has 3 rings (SSSR count). The van der Waals surface area contributed by atoms with Crippen LogP contribution in [0, 0.1) is 6.92 Å². The number of carbonyl (C=O) groups is 1. The third kappa shape index (κ3) is 4.35. The normalized spacial score (nSPS) is 11.0. The second kappa shape index (κ2) is 7.63. The third-order valence-electron chi connectivity index (χ3n) is 4.14. The van der Waals surface area contributed by atoms with E-state index in [1.54, 1.807) is 49.5 Å². The predicted molar refractivity (Wildman–Crippen MR) is 108 cm³/mol. The molecule has 0 heterocycles. The summed E-state index contributed by atoms with van der Waals surface area (Å²) in [7, 11) is -2.04. The zero-order chi connectivity index (χ0) is 19.4. The molecule has 1 amide bonds. The molecule has 27 heavy (non-hydrogen) atoms. The maximum absolute atomic E-state index is 12.7. The van der Waals surface area contributed by atoms with Crippen LogP contribution in [0.25, 0.3) is 0 Å². The van der Waals surface area contributed by atoms with Crippen LogP contribution in [0.5, 0.6) is 0 Å². The second-order valence-corrected chi connectivity index (χ2v) is 7.88. The Hall–Kier alpha value is -3.12. The molecule has 0 unspecified atom stereocenters. The van der Waals surface area contributed by atoms with Crippen LogP contribution in [-0.4, -0.2) is 21.4 Å². The van der Waals surface area contributed by atoms with Gasteiger partial charge in [0.25, 0.3) is 15.9 Å². The van der Waals surface area contributed by atoms with Gasteiger partial charge in [-0.15, -0.1) is 0 Å². The lowest BCUT2D eigenvalue weighted by atomic mass is 10.1. The van der Waals surface area contributed by atoms with E-state index < -0.39 is 10.0 Å². The second-order valence-electron chi connectivity index (χ2n) is 6.20.